The number of carbonyl (C=O) groups is 2. The lowest BCUT2D eigenvalue weighted by atomic mass is 9.59. The second-order valence-electron chi connectivity index (χ2n) is 7.53. The zero-order valence-electron chi connectivity index (χ0n) is 15.4. The summed E-state index contributed by atoms with van der Waals surface area (Å²) in [7, 11) is 0. The number of amides is 2. The molecule has 1 fully saturated rings. The van der Waals surface area contributed by atoms with Gasteiger partial charge in [-0.15, -0.1) is 0 Å². The maximum Gasteiger partial charge on any atom is 0.236 e. The lowest BCUT2D eigenvalue weighted by molar-refractivity contribution is -0.123. The van der Waals surface area contributed by atoms with Gasteiger partial charge in [-0.1, -0.05) is 57.9 Å². The van der Waals surface area contributed by atoms with Crippen molar-refractivity contribution in [2.24, 2.45) is 5.92 Å². The maximum atomic E-state index is 13.6. The minimum atomic E-state index is -0.939. The van der Waals surface area contributed by atoms with Gasteiger partial charge in [-0.05, 0) is 42.3 Å². The quantitative estimate of drug-likeness (QED) is 0.635. The highest BCUT2D eigenvalue weighted by atomic mass is 79.9. The largest absolute Gasteiger partial charge is 0.355 e. The van der Waals surface area contributed by atoms with Gasteiger partial charge in [0.25, 0.3) is 0 Å². The van der Waals surface area contributed by atoms with E-state index in [4.69, 9.17) is 11.6 Å². The molecule has 0 aliphatic carbocycles. The molecule has 3 atom stereocenters. The van der Waals surface area contributed by atoms with Crippen molar-refractivity contribution >= 4 is 45.0 Å². The molecule has 144 valence electrons. The summed E-state index contributed by atoms with van der Waals surface area (Å²) in [5.41, 5.74) is 2.47. The summed E-state index contributed by atoms with van der Waals surface area (Å²) in [5.74, 6) is -0.787. The van der Waals surface area contributed by atoms with E-state index in [1.54, 1.807) is 6.07 Å². The van der Waals surface area contributed by atoms with E-state index in [1.165, 1.54) is 0 Å². The lowest BCUT2D eigenvalue weighted by Crippen LogP contribution is -2.48. The highest BCUT2D eigenvalue weighted by Crippen LogP contribution is 2.55. The average Bonchev–Trinajstić information content (AvgIpc) is 2.80. The van der Waals surface area contributed by atoms with Crippen LogP contribution < -0.4 is 10.6 Å². The molecule has 0 bridgehead atoms. The number of benzene rings is 2. The Balaban J connectivity index is 2.03. The molecule has 4 rings (SSSR count). The van der Waals surface area contributed by atoms with Gasteiger partial charge in [0.1, 0.15) is 0 Å². The Bertz CT molecular complexity index is 1010. The van der Waals surface area contributed by atoms with E-state index in [0.717, 1.165) is 26.9 Å². The van der Waals surface area contributed by atoms with Crippen LogP contribution in [0.25, 0.3) is 0 Å². The van der Waals surface area contributed by atoms with Crippen molar-refractivity contribution in [1.29, 1.82) is 0 Å². The van der Waals surface area contributed by atoms with Crippen molar-refractivity contribution in [3.05, 3.63) is 75.2 Å². The van der Waals surface area contributed by atoms with Gasteiger partial charge in [0.15, 0.2) is 0 Å². The summed E-state index contributed by atoms with van der Waals surface area (Å²) in [6, 6.07) is 13.3. The van der Waals surface area contributed by atoms with Crippen LogP contribution in [0.1, 0.15) is 30.4 Å². The molecule has 4 nitrogen and oxygen atoms in total. The molecule has 0 unspecified atom stereocenters. The van der Waals surface area contributed by atoms with E-state index in [-0.39, 0.29) is 30.1 Å². The second-order valence-corrected chi connectivity index (χ2v) is 8.88. The predicted molar refractivity (Wildman–Crippen MR) is 115 cm³/mol. The molecule has 0 aromatic heterocycles. The van der Waals surface area contributed by atoms with Crippen LogP contribution in [0.5, 0.6) is 0 Å². The normalized spacial score (nSPS) is 26.4. The first-order valence-electron chi connectivity index (χ1n) is 9.13. The third kappa shape index (κ3) is 2.88. The van der Waals surface area contributed by atoms with Gasteiger partial charge in [-0.25, -0.2) is 0 Å². The highest BCUT2D eigenvalue weighted by Gasteiger charge is 2.59. The van der Waals surface area contributed by atoms with Gasteiger partial charge in [-0.3, -0.25) is 9.59 Å². The van der Waals surface area contributed by atoms with E-state index < -0.39 is 5.41 Å². The third-order valence-electron chi connectivity index (χ3n) is 5.89. The number of nitrogens with one attached hydrogen (secondary N) is 2. The molecule has 1 spiro atoms. The van der Waals surface area contributed by atoms with E-state index >= 15 is 0 Å². The van der Waals surface area contributed by atoms with Gasteiger partial charge in [-0.2, -0.15) is 0 Å². The van der Waals surface area contributed by atoms with Crippen LogP contribution in [-0.2, 0) is 15.0 Å². The molecule has 0 radical (unpaired) electrons. The van der Waals surface area contributed by atoms with Gasteiger partial charge in [0.2, 0.25) is 11.8 Å². The van der Waals surface area contributed by atoms with Gasteiger partial charge in [0.05, 0.1) is 5.41 Å². The molecule has 2 aliphatic rings. The number of carbonyl (C=O) groups excluding carboxylic acids is 2. The highest BCUT2D eigenvalue weighted by molar-refractivity contribution is 9.10. The fourth-order valence-electron chi connectivity index (χ4n) is 4.73. The van der Waals surface area contributed by atoms with E-state index in [1.807, 2.05) is 43.3 Å². The Kier molecular flexibility index (Phi) is 4.84. The molecular weight excluding hydrogens is 440 g/mol. The summed E-state index contributed by atoms with van der Waals surface area (Å²) in [6.07, 6.45) is 0.201. The molecule has 2 aromatic rings. The number of hydrogen-bond donors (Lipinski definition) is 2. The minimum absolute atomic E-state index is 0.0773. The molecule has 0 saturated carbocycles. The van der Waals surface area contributed by atoms with Crippen molar-refractivity contribution in [2.45, 2.75) is 24.7 Å². The molecule has 2 aliphatic heterocycles. The van der Waals surface area contributed by atoms with Crippen LogP contribution in [0, 0.1) is 5.92 Å². The molecule has 2 amide bonds. The monoisotopic (exact) mass is 458 g/mol. The molecule has 1 saturated heterocycles. The maximum absolute atomic E-state index is 13.6. The Morgan fingerprint density at radius 3 is 2.75 bits per heavy atom. The van der Waals surface area contributed by atoms with Gasteiger partial charge >= 0.3 is 0 Å². The number of halogens is 2. The first-order valence-corrected chi connectivity index (χ1v) is 10.3. The topological polar surface area (TPSA) is 58.2 Å². The number of fused-ring (bicyclic) bond motifs is 2. The lowest BCUT2D eigenvalue weighted by Gasteiger charge is -2.40. The number of hydrogen-bond acceptors (Lipinski definition) is 2. The van der Waals surface area contributed by atoms with E-state index in [0.29, 0.717) is 11.6 Å². The Morgan fingerprint density at radius 1 is 1.25 bits per heavy atom. The molecule has 6 heteroatoms. The van der Waals surface area contributed by atoms with E-state index in [2.05, 4.69) is 33.1 Å². The fourth-order valence-corrected chi connectivity index (χ4v) is 5.29. The summed E-state index contributed by atoms with van der Waals surface area (Å²) in [5, 5.41) is 6.62. The Morgan fingerprint density at radius 2 is 2.04 bits per heavy atom. The van der Waals surface area contributed by atoms with Crippen LogP contribution in [-0.4, -0.2) is 18.4 Å². The standard InChI is InChI=1S/C22H20BrClN2O2/c1-12(2)18-11-25-20(27)10-17(13-4-3-5-15(24)8-13)22(18)16-7-6-14(23)9-19(16)26-21(22)28/h3-9,17-18H,1,10-11H2,2H3,(H,25,27)(H,26,28)/t17-,18+,22-/m1/s1. The van der Waals surface area contributed by atoms with Crippen molar-refractivity contribution in [3.63, 3.8) is 0 Å². The predicted octanol–water partition coefficient (Wildman–Crippen LogP) is 4.79. The summed E-state index contributed by atoms with van der Waals surface area (Å²) < 4.78 is 0.887. The molecular formula is C22H20BrClN2O2. The Hall–Kier alpha value is -2.11. The van der Waals surface area contributed by atoms with Gasteiger partial charge in [0, 0.05) is 40.0 Å². The third-order valence-corrected chi connectivity index (χ3v) is 6.62. The van der Waals surface area contributed by atoms with Crippen LogP contribution in [0.15, 0.2) is 59.1 Å². The zero-order valence-corrected chi connectivity index (χ0v) is 17.7. The van der Waals surface area contributed by atoms with E-state index in [9.17, 15) is 9.59 Å². The first kappa shape index (κ1) is 19.2. The van der Waals surface area contributed by atoms with Crippen LogP contribution in [0.2, 0.25) is 5.02 Å². The molecule has 28 heavy (non-hydrogen) atoms. The van der Waals surface area contributed by atoms with Crippen LogP contribution in [0.4, 0.5) is 5.69 Å². The van der Waals surface area contributed by atoms with Crippen LogP contribution >= 0.6 is 27.5 Å². The van der Waals surface area contributed by atoms with Crippen molar-refractivity contribution in [1.82, 2.24) is 5.32 Å². The molecule has 2 N–H and O–H groups in total. The zero-order chi connectivity index (χ0) is 20.1. The molecule has 2 heterocycles. The number of anilines is 1. The van der Waals surface area contributed by atoms with Crippen molar-refractivity contribution in [3.8, 4) is 0 Å². The smallest absolute Gasteiger partial charge is 0.236 e. The SMILES string of the molecule is C=C(C)[C@@H]1CNC(=O)C[C@H](c2cccc(Cl)c2)[C@@]12C(=O)Nc1cc(Br)ccc12. The average molecular weight is 460 g/mol. The van der Waals surface area contributed by atoms with Crippen molar-refractivity contribution in [2.75, 3.05) is 11.9 Å². The first-order chi connectivity index (χ1) is 13.3. The summed E-state index contributed by atoms with van der Waals surface area (Å²) >= 11 is 9.75. The molecule has 2 aromatic carbocycles. The Labute approximate surface area is 177 Å². The van der Waals surface area contributed by atoms with Crippen LogP contribution in [0.3, 0.4) is 0 Å². The summed E-state index contributed by atoms with van der Waals surface area (Å²) in [6.45, 7) is 6.46. The number of rotatable bonds is 2. The second kappa shape index (κ2) is 7.05. The van der Waals surface area contributed by atoms with Crippen molar-refractivity contribution < 1.29 is 9.59 Å². The minimum Gasteiger partial charge on any atom is -0.355 e. The summed E-state index contributed by atoms with van der Waals surface area (Å²) in [4.78, 5) is 26.2. The van der Waals surface area contributed by atoms with Gasteiger partial charge < -0.3 is 10.6 Å². The fraction of sp³-hybridized carbons (Fsp3) is 0.273.